The SMILES string of the molecule is Cc1ccc(Br)c(S(=O)(=O)N2CCC[C@H]([C@@H](C)N)C2)c1. The molecule has 0 saturated carbocycles. The first-order valence-corrected chi connectivity index (χ1v) is 9.07. The predicted molar refractivity (Wildman–Crippen MR) is 84.0 cm³/mol. The Morgan fingerprint density at radius 2 is 2.15 bits per heavy atom. The molecular formula is C14H21BrN2O2S. The second-order valence-electron chi connectivity index (χ2n) is 5.56. The Morgan fingerprint density at radius 3 is 2.80 bits per heavy atom. The lowest BCUT2D eigenvalue weighted by molar-refractivity contribution is 0.243. The van der Waals surface area contributed by atoms with Crippen molar-refractivity contribution in [2.75, 3.05) is 13.1 Å². The smallest absolute Gasteiger partial charge is 0.244 e. The van der Waals surface area contributed by atoms with Crippen molar-refractivity contribution >= 4 is 26.0 Å². The summed E-state index contributed by atoms with van der Waals surface area (Å²) in [6.45, 7) is 4.93. The maximum atomic E-state index is 12.8. The van der Waals surface area contributed by atoms with Crippen molar-refractivity contribution in [3.63, 3.8) is 0 Å². The van der Waals surface area contributed by atoms with E-state index in [4.69, 9.17) is 5.73 Å². The van der Waals surface area contributed by atoms with Gasteiger partial charge in [0.1, 0.15) is 0 Å². The summed E-state index contributed by atoms with van der Waals surface area (Å²) in [5, 5.41) is 0. The highest BCUT2D eigenvalue weighted by Gasteiger charge is 2.32. The lowest BCUT2D eigenvalue weighted by atomic mass is 9.93. The van der Waals surface area contributed by atoms with E-state index in [1.807, 2.05) is 19.9 Å². The molecule has 4 nitrogen and oxygen atoms in total. The number of hydrogen-bond donors (Lipinski definition) is 1. The molecule has 2 N–H and O–H groups in total. The summed E-state index contributed by atoms with van der Waals surface area (Å²) in [4.78, 5) is 0.350. The lowest BCUT2D eigenvalue weighted by Crippen LogP contribution is -2.45. The molecule has 6 heteroatoms. The first-order valence-electron chi connectivity index (χ1n) is 6.84. The molecule has 0 radical (unpaired) electrons. The van der Waals surface area contributed by atoms with Crippen molar-refractivity contribution in [2.24, 2.45) is 11.7 Å². The number of benzene rings is 1. The minimum Gasteiger partial charge on any atom is -0.328 e. The van der Waals surface area contributed by atoms with Gasteiger partial charge in [-0.05, 0) is 66.2 Å². The number of nitrogens with two attached hydrogens (primary N) is 1. The van der Waals surface area contributed by atoms with E-state index in [1.54, 1.807) is 16.4 Å². The standard InChI is InChI=1S/C14H21BrN2O2S/c1-10-5-6-13(15)14(8-10)20(18,19)17-7-3-4-12(9-17)11(2)16/h5-6,8,11-12H,3-4,7,9,16H2,1-2H3/t11-,12+/m1/s1. The summed E-state index contributed by atoms with van der Waals surface area (Å²) in [6, 6.07) is 5.42. The molecule has 0 amide bonds. The van der Waals surface area contributed by atoms with Crippen LogP contribution >= 0.6 is 15.9 Å². The highest BCUT2D eigenvalue weighted by atomic mass is 79.9. The number of piperidine rings is 1. The predicted octanol–water partition coefficient (Wildman–Crippen LogP) is 2.51. The van der Waals surface area contributed by atoms with E-state index in [2.05, 4.69) is 15.9 Å². The monoisotopic (exact) mass is 360 g/mol. The third-order valence-corrected chi connectivity index (χ3v) is 6.73. The van der Waals surface area contributed by atoms with E-state index >= 15 is 0 Å². The van der Waals surface area contributed by atoms with Gasteiger partial charge < -0.3 is 5.73 Å². The number of aryl methyl sites for hydroxylation is 1. The average Bonchev–Trinajstić information content (AvgIpc) is 2.41. The average molecular weight is 361 g/mol. The zero-order valence-electron chi connectivity index (χ0n) is 11.8. The van der Waals surface area contributed by atoms with Crippen molar-refractivity contribution in [2.45, 2.75) is 37.6 Å². The van der Waals surface area contributed by atoms with Gasteiger partial charge in [0.05, 0.1) is 4.90 Å². The van der Waals surface area contributed by atoms with Crippen molar-refractivity contribution in [3.8, 4) is 0 Å². The molecule has 112 valence electrons. The van der Waals surface area contributed by atoms with Gasteiger partial charge in [-0.15, -0.1) is 0 Å². The Morgan fingerprint density at radius 1 is 1.45 bits per heavy atom. The van der Waals surface area contributed by atoms with Crippen LogP contribution in [0.2, 0.25) is 0 Å². The summed E-state index contributed by atoms with van der Waals surface area (Å²) in [5.74, 6) is 0.238. The largest absolute Gasteiger partial charge is 0.328 e. The number of halogens is 1. The molecule has 1 saturated heterocycles. The maximum Gasteiger partial charge on any atom is 0.244 e. The molecular weight excluding hydrogens is 340 g/mol. The van der Waals surface area contributed by atoms with Gasteiger partial charge in [-0.3, -0.25) is 0 Å². The maximum absolute atomic E-state index is 12.8. The molecule has 0 aliphatic carbocycles. The van der Waals surface area contributed by atoms with Crippen molar-refractivity contribution < 1.29 is 8.42 Å². The fraction of sp³-hybridized carbons (Fsp3) is 0.571. The molecule has 2 rings (SSSR count). The van der Waals surface area contributed by atoms with Crippen LogP contribution in [0, 0.1) is 12.8 Å². The molecule has 1 heterocycles. The first kappa shape index (κ1) is 15.9. The Kier molecular flexibility index (Phi) is 4.89. The van der Waals surface area contributed by atoms with Crippen LogP contribution in [0.4, 0.5) is 0 Å². The van der Waals surface area contributed by atoms with Crippen LogP contribution < -0.4 is 5.73 Å². The summed E-state index contributed by atoms with van der Waals surface area (Å²) in [6.07, 6.45) is 1.87. The van der Waals surface area contributed by atoms with E-state index < -0.39 is 10.0 Å². The Balaban J connectivity index is 2.32. The third-order valence-electron chi connectivity index (χ3n) is 3.87. The van der Waals surface area contributed by atoms with Gasteiger partial charge >= 0.3 is 0 Å². The van der Waals surface area contributed by atoms with E-state index in [0.29, 0.717) is 22.5 Å². The van der Waals surface area contributed by atoms with E-state index in [9.17, 15) is 8.42 Å². The minimum atomic E-state index is -3.45. The van der Waals surface area contributed by atoms with Crippen LogP contribution in [-0.4, -0.2) is 31.9 Å². The summed E-state index contributed by atoms with van der Waals surface area (Å²) in [7, 11) is -3.45. The van der Waals surface area contributed by atoms with Crippen LogP contribution in [0.5, 0.6) is 0 Å². The molecule has 2 atom stereocenters. The van der Waals surface area contributed by atoms with Crippen LogP contribution in [0.1, 0.15) is 25.3 Å². The zero-order chi connectivity index (χ0) is 14.9. The topological polar surface area (TPSA) is 63.4 Å². The van der Waals surface area contributed by atoms with Gasteiger partial charge in [-0.1, -0.05) is 6.07 Å². The highest BCUT2D eigenvalue weighted by molar-refractivity contribution is 9.10. The second-order valence-corrected chi connectivity index (χ2v) is 8.32. The molecule has 1 aromatic rings. The van der Waals surface area contributed by atoms with Gasteiger partial charge in [0.25, 0.3) is 0 Å². The van der Waals surface area contributed by atoms with E-state index in [1.165, 1.54) is 0 Å². The van der Waals surface area contributed by atoms with Crippen molar-refractivity contribution in [1.29, 1.82) is 0 Å². The number of rotatable bonds is 3. The normalized spacial score (nSPS) is 22.7. The molecule has 0 unspecified atom stereocenters. The number of sulfonamides is 1. The molecule has 1 aliphatic rings. The zero-order valence-corrected chi connectivity index (χ0v) is 14.2. The fourth-order valence-electron chi connectivity index (χ4n) is 2.57. The van der Waals surface area contributed by atoms with Gasteiger partial charge in [0.2, 0.25) is 10.0 Å². The fourth-order valence-corrected chi connectivity index (χ4v) is 5.11. The molecule has 20 heavy (non-hydrogen) atoms. The summed E-state index contributed by atoms with van der Waals surface area (Å²) < 4.78 is 27.8. The Labute approximate surface area is 129 Å². The Bertz CT molecular complexity index is 587. The highest BCUT2D eigenvalue weighted by Crippen LogP contribution is 2.29. The van der Waals surface area contributed by atoms with Crippen LogP contribution in [-0.2, 0) is 10.0 Å². The number of nitrogens with zero attached hydrogens (tertiary/aromatic N) is 1. The molecule has 1 aliphatic heterocycles. The molecule has 0 spiro atoms. The Hall–Kier alpha value is -0.430. The minimum absolute atomic E-state index is 0.0222. The van der Waals surface area contributed by atoms with Gasteiger partial charge in [0, 0.05) is 23.6 Å². The molecule has 1 aromatic carbocycles. The lowest BCUT2D eigenvalue weighted by Gasteiger charge is -2.34. The quantitative estimate of drug-likeness (QED) is 0.900. The summed E-state index contributed by atoms with van der Waals surface area (Å²) in [5.41, 5.74) is 6.87. The van der Waals surface area contributed by atoms with Gasteiger partial charge in [0.15, 0.2) is 0 Å². The van der Waals surface area contributed by atoms with Crippen LogP contribution in [0.3, 0.4) is 0 Å². The second kappa shape index (κ2) is 6.13. The summed E-state index contributed by atoms with van der Waals surface area (Å²) >= 11 is 3.35. The molecule has 0 bridgehead atoms. The molecule has 1 fully saturated rings. The van der Waals surface area contributed by atoms with E-state index in [-0.39, 0.29) is 12.0 Å². The number of hydrogen-bond acceptors (Lipinski definition) is 3. The van der Waals surface area contributed by atoms with Crippen LogP contribution in [0.25, 0.3) is 0 Å². The first-order chi connectivity index (χ1) is 9.32. The van der Waals surface area contributed by atoms with Gasteiger partial charge in [-0.25, -0.2) is 8.42 Å². The van der Waals surface area contributed by atoms with E-state index in [0.717, 1.165) is 18.4 Å². The van der Waals surface area contributed by atoms with Crippen molar-refractivity contribution in [1.82, 2.24) is 4.31 Å². The van der Waals surface area contributed by atoms with Gasteiger partial charge in [-0.2, -0.15) is 4.31 Å². The van der Waals surface area contributed by atoms with Crippen LogP contribution in [0.15, 0.2) is 27.6 Å². The molecule has 0 aromatic heterocycles. The van der Waals surface area contributed by atoms with Crippen molar-refractivity contribution in [3.05, 3.63) is 28.2 Å². The third kappa shape index (κ3) is 3.24.